The van der Waals surface area contributed by atoms with Crippen LogP contribution in [0, 0.1) is 35.6 Å². The molecule has 2 aromatic carbocycles. The van der Waals surface area contributed by atoms with Crippen LogP contribution in [0.25, 0.3) is 0 Å². The molecule has 0 spiro atoms. The van der Waals surface area contributed by atoms with E-state index in [2.05, 4.69) is 5.32 Å². The van der Waals surface area contributed by atoms with Crippen LogP contribution in [-0.2, 0) is 6.54 Å². The predicted molar refractivity (Wildman–Crippen MR) is 76.3 cm³/mol. The fraction of sp³-hybridized carbons (Fsp3) is 0.200. The first-order chi connectivity index (χ1) is 9.88. The van der Waals surface area contributed by atoms with E-state index in [1.165, 1.54) is 0 Å². The monoisotopic (exact) mass is 292 g/mol. The van der Waals surface area contributed by atoms with E-state index in [9.17, 15) is 18.9 Å². The summed E-state index contributed by atoms with van der Waals surface area (Å²) in [6.07, 6.45) is 0. The molecule has 0 aliphatic heterocycles. The van der Waals surface area contributed by atoms with Crippen molar-refractivity contribution in [2.45, 2.75) is 20.4 Å². The Balaban J connectivity index is 2.21. The maximum Gasteiger partial charge on any atom is 0.305 e. The van der Waals surface area contributed by atoms with E-state index in [1.807, 2.05) is 32.0 Å². The summed E-state index contributed by atoms with van der Waals surface area (Å²) in [6, 6.07) is 7.10. The molecule has 4 nitrogen and oxygen atoms in total. The van der Waals surface area contributed by atoms with Crippen molar-refractivity contribution in [3.05, 3.63) is 68.8 Å². The second kappa shape index (κ2) is 5.87. The number of nitro groups is 1. The fourth-order valence-electron chi connectivity index (χ4n) is 1.90. The molecule has 0 aromatic heterocycles. The van der Waals surface area contributed by atoms with E-state index in [0.717, 1.165) is 22.9 Å². The highest BCUT2D eigenvalue weighted by Gasteiger charge is 2.18. The lowest BCUT2D eigenvalue weighted by Gasteiger charge is -2.09. The van der Waals surface area contributed by atoms with Crippen LogP contribution in [0.4, 0.5) is 20.2 Å². The summed E-state index contributed by atoms with van der Waals surface area (Å²) in [4.78, 5) is 9.80. The van der Waals surface area contributed by atoms with Crippen LogP contribution in [0.5, 0.6) is 0 Å². The zero-order valence-corrected chi connectivity index (χ0v) is 11.6. The van der Waals surface area contributed by atoms with Gasteiger partial charge in [-0.25, -0.2) is 4.39 Å². The first kappa shape index (κ1) is 14.9. The highest BCUT2D eigenvalue weighted by Crippen LogP contribution is 2.23. The predicted octanol–water partition coefficient (Wildman–Crippen LogP) is 4.10. The number of rotatable bonds is 4. The Hall–Kier alpha value is -2.50. The van der Waals surface area contributed by atoms with E-state index in [4.69, 9.17) is 0 Å². The number of aryl methyl sites for hydroxylation is 2. The Kier molecular flexibility index (Phi) is 4.16. The first-order valence-corrected chi connectivity index (χ1v) is 6.32. The van der Waals surface area contributed by atoms with Gasteiger partial charge in [0.2, 0.25) is 5.82 Å². The maximum atomic E-state index is 13.6. The van der Waals surface area contributed by atoms with E-state index in [-0.39, 0.29) is 12.1 Å². The van der Waals surface area contributed by atoms with Gasteiger partial charge in [-0.3, -0.25) is 10.1 Å². The molecule has 0 amide bonds. The highest BCUT2D eigenvalue weighted by molar-refractivity contribution is 5.49. The van der Waals surface area contributed by atoms with Gasteiger partial charge in [0, 0.05) is 29.9 Å². The summed E-state index contributed by atoms with van der Waals surface area (Å²) >= 11 is 0. The Bertz CT molecular complexity index is 702. The minimum Gasteiger partial charge on any atom is -0.381 e. The zero-order valence-electron chi connectivity index (χ0n) is 11.6. The summed E-state index contributed by atoms with van der Waals surface area (Å²) in [6.45, 7) is 3.96. The van der Waals surface area contributed by atoms with Gasteiger partial charge in [-0.05, 0) is 37.1 Å². The molecule has 0 aliphatic rings. The third kappa shape index (κ3) is 3.34. The lowest BCUT2D eigenvalue weighted by Crippen LogP contribution is -2.04. The molecule has 1 N–H and O–H groups in total. The van der Waals surface area contributed by atoms with Crippen molar-refractivity contribution in [1.82, 2.24) is 0 Å². The van der Waals surface area contributed by atoms with Crippen molar-refractivity contribution >= 4 is 11.4 Å². The number of hydrogen-bond donors (Lipinski definition) is 1. The smallest absolute Gasteiger partial charge is 0.305 e. The van der Waals surface area contributed by atoms with E-state index in [1.54, 1.807) is 0 Å². The Morgan fingerprint density at radius 2 is 1.81 bits per heavy atom. The summed E-state index contributed by atoms with van der Waals surface area (Å²) in [5, 5.41) is 13.6. The third-order valence-corrected chi connectivity index (χ3v) is 3.30. The maximum absolute atomic E-state index is 13.6. The Morgan fingerprint density at radius 1 is 1.10 bits per heavy atom. The molecule has 0 atom stereocenters. The van der Waals surface area contributed by atoms with Gasteiger partial charge in [-0.2, -0.15) is 4.39 Å². The Morgan fingerprint density at radius 3 is 2.43 bits per heavy atom. The highest BCUT2D eigenvalue weighted by atomic mass is 19.1. The molecule has 0 saturated heterocycles. The Labute approximate surface area is 120 Å². The van der Waals surface area contributed by atoms with Crippen LogP contribution in [0.15, 0.2) is 30.3 Å². The minimum atomic E-state index is -1.17. The van der Waals surface area contributed by atoms with E-state index >= 15 is 0 Å². The summed E-state index contributed by atoms with van der Waals surface area (Å²) in [5.74, 6) is -1.98. The summed E-state index contributed by atoms with van der Waals surface area (Å²) < 4.78 is 26.9. The molecule has 0 fully saturated rings. The lowest BCUT2D eigenvalue weighted by atomic mass is 10.1. The number of benzene rings is 2. The van der Waals surface area contributed by atoms with Crippen molar-refractivity contribution in [2.75, 3.05) is 5.32 Å². The normalized spacial score (nSPS) is 10.5. The van der Waals surface area contributed by atoms with Crippen LogP contribution in [-0.4, -0.2) is 4.92 Å². The van der Waals surface area contributed by atoms with Gasteiger partial charge >= 0.3 is 5.69 Å². The standard InChI is InChI=1S/C15H14F2N2O2/c1-9-3-4-12(5-10(9)2)18-8-11-6-15(19(20)21)14(17)7-13(11)16/h3-7,18H,8H2,1-2H3. The van der Waals surface area contributed by atoms with Crippen molar-refractivity contribution in [3.8, 4) is 0 Å². The molecule has 2 rings (SSSR count). The SMILES string of the molecule is Cc1ccc(NCc2cc([N+](=O)[O-])c(F)cc2F)cc1C. The summed E-state index contributed by atoms with van der Waals surface area (Å²) in [5.41, 5.74) is 2.29. The molecular formula is C15H14F2N2O2. The number of hydrogen-bond acceptors (Lipinski definition) is 3. The molecule has 6 heteroatoms. The van der Waals surface area contributed by atoms with E-state index < -0.39 is 22.2 Å². The van der Waals surface area contributed by atoms with Crippen LogP contribution in [0.1, 0.15) is 16.7 Å². The van der Waals surface area contributed by atoms with Gasteiger partial charge in [-0.15, -0.1) is 0 Å². The van der Waals surface area contributed by atoms with Crippen LogP contribution >= 0.6 is 0 Å². The summed E-state index contributed by atoms with van der Waals surface area (Å²) in [7, 11) is 0. The van der Waals surface area contributed by atoms with Crippen molar-refractivity contribution in [3.63, 3.8) is 0 Å². The molecule has 110 valence electrons. The minimum absolute atomic E-state index is 0.0372. The molecule has 0 aliphatic carbocycles. The van der Waals surface area contributed by atoms with E-state index in [0.29, 0.717) is 6.07 Å². The van der Waals surface area contributed by atoms with Gasteiger partial charge < -0.3 is 5.32 Å². The van der Waals surface area contributed by atoms with Crippen LogP contribution in [0.2, 0.25) is 0 Å². The number of nitrogens with one attached hydrogen (secondary N) is 1. The average molecular weight is 292 g/mol. The molecule has 0 saturated carbocycles. The first-order valence-electron chi connectivity index (χ1n) is 6.32. The van der Waals surface area contributed by atoms with Crippen molar-refractivity contribution in [2.24, 2.45) is 0 Å². The third-order valence-electron chi connectivity index (χ3n) is 3.30. The molecule has 0 bridgehead atoms. The van der Waals surface area contributed by atoms with Crippen LogP contribution < -0.4 is 5.32 Å². The fourth-order valence-corrected chi connectivity index (χ4v) is 1.90. The van der Waals surface area contributed by atoms with Gasteiger partial charge in [-0.1, -0.05) is 6.07 Å². The van der Waals surface area contributed by atoms with Gasteiger partial charge in [0.15, 0.2) is 0 Å². The zero-order chi connectivity index (χ0) is 15.6. The molecule has 21 heavy (non-hydrogen) atoms. The molecule has 0 unspecified atom stereocenters. The number of halogens is 2. The number of nitro benzene ring substituents is 1. The number of nitrogens with zero attached hydrogens (tertiary/aromatic N) is 1. The van der Waals surface area contributed by atoms with Crippen LogP contribution in [0.3, 0.4) is 0 Å². The number of anilines is 1. The molecule has 0 heterocycles. The van der Waals surface area contributed by atoms with Gasteiger partial charge in [0.05, 0.1) is 4.92 Å². The van der Waals surface area contributed by atoms with Crippen molar-refractivity contribution in [1.29, 1.82) is 0 Å². The molecule has 2 aromatic rings. The quantitative estimate of drug-likeness (QED) is 0.681. The topological polar surface area (TPSA) is 55.2 Å². The second-order valence-electron chi connectivity index (χ2n) is 4.80. The van der Waals surface area contributed by atoms with Gasteiger partial charge in [0.1, 0.15) is 5.82 Å². The van der Waals surface area contributed by atoms with Crippen molar-refractivity contribution < 1.29 is 13.7 Å². The molecule has 0 radical (unpaired) electrons. The second-order valence-corrected chi connectivity index (χ2v) is 4.80. The largest absolute Gasteiger partial charge is 0.381 e. The lowest BCUT2D eigenvalue weighted by molar-refractivity contribution is -0.387. The average Bonchev–Trinajstić information content (AvgIpc) is 2.41. The molecular weight excluding hydrogens is 278 g/mol. The van der Waals surface area contributed by atoms with Gasteiger partial charge in [0.25, 0.3) is 0 Å².